The summed E-state index contributed by atoms with van der Waals surface area (Å²) >= 11 is 0. The van der Waals surface area contributed by atoms with Crippen LogP contribution in [-0.2, 0) is 13.0 Å². The number of likely N-dealkylation sites (tertiary alicyclic amines) is 1. The summed E-state index contributed by atoms with van der Waals surface area (Å²) in [6.07, 6.45) is 4.21. The molecule has 1 amide bonds. The first-order valence-corrected chi connectivity index (χ1v) is 11.6. The average Bonchev–Trinajstić information content (AvgIpc) is 3.10. The zero-order valence-corrected chi connectivity index (χ0v) is 18.8. The number of nitrogens with two attached hydrogens (primary N) is 1. The Labute approximate surface area is 188 Å². The Morgan fingerprint density at radius 1 is 1.06 bits per heavy atom. The van der Waals surface area contributed by atoms with Gasteiger partial charge in [0.05, 0.1) is 11.0 Å². The Balaban J connectivity index is 1.25. The second kappa shape index (κ2) is 10.0. The summed E-state index contributed by atoms with van der Waals surface area (Å²) in [7, 11) is 0. The zero-order valence-electron chi connectivity index (χ0n) is 18.8. The Bertz CT molecular complexity index is 1120. The van der Waals surface area contributed by atoms with E-state index < -0.39 is 0 Å². The third kappa shape index (κ3) is 4.72. The van der Waals surface area contributed by atoms with Crippen LogP contribution < -0.4 is 16.7 Å². The van der Waals surface area contributed by atoms with Crippen molar-refractivity contribution in [1.29, 1.82) is 0 Å². The summed E-state index contributed by atoms with van der Waals surface area (Å²) in [4.78, 5) is 28.1. The largest absolute Gasteiger partial charge is 0.399 e. The first-order valence-electron chi connectivity index (χ1n) is 11.6. The van der Waals surface area contributed by atoms with E-state index in [1.807, 2.05) is 49.4 Å². The lowest BCUT2D eigenvalue weighted by Crippen LogP contribution is -2.42. The molecule has 32 heavy (non-hydrogen) atoms. The van der Waals surface area contributed by atoms with Gasteiger partial charge in [0.1, 0.15) is 0 Å². The molecule has 1 aliphatic heterocycles. The first kappa shape index (κ1) is 22.1. The molecule has 7 nitrogen and oxygen atoms in total. The number of fused-ring (bicyclic) bond motifs is 1. The molecule has 1 saturated heterocycles. The fourth-order valence-electron chi connectivity index (χ4n) is 4.69. The molecule has 1 fully saturated rings. The van der Waals surface area contributed by atoms with E-state index >= 15 is 0 Å². The van der Waals surface area contributed by atoms with E-state index in [2.05, 4.69) is 16.3 Å². The van der Waals surface area contributed by atoms with Gasteiger partial charge in [-0.25, -0.2) is 14.2 Å². The summed E-state index contributed by atoms with van der Waals surface area (Å²) in [5.74, 6) is 0.440. The number of para-hydroxylation sites is 3. The van der Waals surface area contributed by atoms with E-state index in [4.69, 9.17) is 5.73 Å². The number of aryl methyl sites for hydroxylation is 2. The van der Waals surface area contributed by atoms with Crippen LogP contribution in [0.4, 0.5) is 10.5 Å². The van der Waals surface area contributed by atoms with Crippen molar-refractivity contribution in [3.05, 3.63) is 64.6 Å². The van der Waals surface area contributed by atoms with Crippen molar-refractivity contribution in [3.63, 3.8) is 0 Å². The number of carbonyl (C=O) groups is 1. The van der Waals surface area contributed by atoms with Crippen LogP contribution in [0.3, 0.4) is 0 Å². The van der Waals surface area contributed by atoms with Gasteiger partial charge in [-0.1, -0.05) is 30.3 Å². The zero-order chi connectivity index (χ0) is 22.5. The summed E-state index contributed by atoms with van der Waals surface area (Å²) in [5.41, 5.74) is 9.31. The van der Waals surface area contributed by atoms with E-state index in [0.29, 0.717) is 24.5 Å². The molecule has 2 heterocycles. The highest BCUT2D eigenvalue weighted by atomic mass is 16.2. The van der Waals surface area contributed by atoms with Crippen molar-refractivity contribution in [3.8, 4) is 0 Å². The monoisotopic (exact) mass is 435 g/mol. The number of anilines is 1. The summed E-state index contributed by atoms with van der Waals surface area (Å²) < 4.78 is 2.90. The number of benzene rings is 2. The smallest absolute Gasteiger partial charge is 0.337 e. The Kier molecular flexibility index (Phi) is 6.95. The Hall–Kier alpha value is -3.06. The molecule has 3 aromatic rings. The van der Waals surface area contributed by atoms with Gasteiger partial charge in [0.25, 0.3) is 0 Å². The molecule has 0 saturated carbocycles. The van der Waals surface area contributed by atoms with Crippen LogP contribution in [0.2, 0.25) is 0 Å². The molecule has 0 aliphatic carbocycles. The number of piperidine rings is 1. The lowest BCUT2D eigenvalue weighted by Gasteiger charge is -2.32. The van der Waals surface area contributed by atoms with E-state index in [9.17, 15) is 9.59 Å². The van der Waals surface area contributed by atoms with Crippen LogP contribution in [0.25, 0.3) is 11.0 Å². The number of nitrogens with zero attached hydrogens (tertiary/aromatic N) is 3. The summed E-state index contributed by atoms with van der Waals surface area (Å²) in [6.45, 7) is 6.21. The molecule has 0 spiro atoms. The molecule has 4 rings (SSSR count). The molecule has 0 unspecified atom stereocenters. The highest BCUT2D eigenvalue weighted by Gasteiger charge is 2.22. The quantitative estimate of drug-likeness (QED) is 0.558. The molecule has 170 valence electrons. The van der Waals surface area contributed by atoms with E-state index in [1.165, 1.54) is 10.1 Å². The third-order valence-corrected chi connectivity index (χ3v) is 6.58. The normalized spacial score (nSPS) is 15.3. The number of nitrogen functional groups attached to an aromatic ring is 1. The second-order valence-electron chi connectivity index (χ2n) is 8.62. The van der Waals surface area contributed by atoms with Crippen LogP contribution in [0.5, 0.6) is 0 Å². The van der Waals surface area contributed by atoms with Gasteiger partial charge in [-0.15, -0.1) is 0 Å². The van der Waals surface area contributed by atoms with Crippen LogP contribution in [0.1, 0.15) is 31.7 Å². The number of rotatable bonds is 7. The molecular formula is C25H33N5O2. The molecule has 2 aromatic carbocycles. The summed E-state index contributed by atoms with van der Waals surface area (Å²) in [5, 5.41) is 3.00. The molecule has 1 aromatic heterocycles. The fraction of sp³-hybridized carbons (Fsp3) is 0.440. The Morgan fingerprint density at radius 2 is 1.75 bits per heavy atom. The van der Waals surface area contributed by atoms with Crippen molar-refractivity contribution in [2.45, 2.75) is 39.2 Å². The topological polar surface area (TPSA) is 85.3 Å². The maximum Gasteiger partial charge on any atom is 0.337 e. The van der Waals surface area contributed by atoms with Crippen molar-refractivity contribution in [2.24, 2.45) is 5.92 Å². The Morgan fingerprint density at radius 3 is 2.47 bits per heavy atom. The predicted molar refractivity (Wildman–Crippen MR) is 129 cm³/mol. The van der Waals surface area contributed by atoms with Crippen LogP contribution in [-0.4, -0.2) is 46.2 Å². The van der Waals surface area contributed by atoms with Gasteiger partial charge >= 0.3 is 11.7 Å². The number of hydrogen-bond acceptors (Lipinski definition) is 4. The average molecular weight is 436 g/mol. The number of nitrogens with one attached hydrogen (secondary N) is 1. The molecule has 7 heteroatoms. The number of imidazole rings is 1. The lowest BCUT2D eigenvalue weighted by atomic mass is 9.96. The number of aromatic nitrogens is 2. The van der Waals surface area contributed by atoms with Gasteiger partial charge in [-0.05, 0) is 81.9 Å². The molecule has 0 bridgehead atoms. The highest BCUT2D eigenvalue weighted by Crippen LogP contribution is 2.18. The van der Waals surface area contributed by atoms with Gasteiger partial charge in [0, 0.05) is 18.8 Å². The molecule has 3 N–H and O–H groups in total. The van der Waals surface area contributed by atoms with Crippen LogP contribution >= 0.6 is 0 Å². The molecule has 0 radical (unpaired) electrons. The van der Waals surface area contributed by atoms with Gasteiger partial charge in [-0.2, -0.15) is 0 Å². The molecule has 0 atom stereocenters. The maximum absolute atomic E-state index is 12.8. The standard InChI is InChI=1S/C25H33N5O2/c1-2-29-22-11-5-6-12-23(22)30(25(29)32)24(31)27-18-19-13-16-28(17-14-19)15-7-9-20-8-3-4-10-21(20)26/h3-6,8,10-12,19H,2,7,9,13-18,26H2,1H3,(H,27,31). The predicted octanol–water partition coefficient (Wildman–Crippen LogP) is 3.31. The SMILES string of the molecule is CCn1c(=O)n(C(=O)NCC2CCN(CCCc3ccccc3N)CC2)c2ccccc21. The lowest BCUT2D eigenvalue weighted by molar-refractivity contribution is 0.180. The maximum atomic E-state index is 12.8. The van der Waals surface area contributed by atoms with Crippen LogP contribution in [0, 0.1) is 5.92 Å². The molecule has 1 aliphatic rings. The van der Waals surface area contributed by atoms with E-state index in [1.54, 1.807) is 4.57 Å². The van der Waals surface area contributed by atoms with Crippen molar-refractivity contribution < 1.29 is 4.79 Å². The van der Waals surface area contributed by atoms with Crippen molar-refractivity contribution in [1.82, 2.24) is 19.4 Å². The van der Waals surface area contributed by atoms with Gasteiger partial charge in [0.15, 0.2) is 0 Å². The minimum absolute atomic E-state index is 0.278. The fourth-order valence-corrected chi connectivity index (χ4v) is 4.69. The minimum Gasteiger partial charge on any atom is -0.399 e. The second-order valence-corrected chi connectivity index (χ2v) is 8.62. The highest BCUT2D eigenvalue weighted by molar-refractivity contribution is 5.89. The van der Waals surface area contributed by atoms with Crippen molar-refractivity contribution in [2.75, 3.05) is 31.9 Å². The van der Waals surface area contributed by atoms with E-state index in [-0.39, 0.29) is 11.7 Å². The number of amides is 1. The van der Waals surface area contributed by atoms with Gasteiger partial charge in [0.2, 0.25) is 0 Å². The number of hydrogen-bond donors (Lipinski definition) is 2. The van der Waals surface area contributed by atoms with Gasteiger partial charge < -0.3 is 16.0 Å². The van der Waals surface area contributed by atoms with E-state index in [0.717, 1.165) is 56.5 Å². The minimum atomic E-state index is -0.332. The van der Waals surface area contributed by atoms with Crippen LogP contribution in [0.15, 0.2) is 53.3 Å². The first-order chi connectivity index (χ1) is 15.6. The van der Waals surface area contributed by atoms with Crippen molar-refractivity contribution >= 4 is 22.8 Å². The summed E-state index contributed by atoms with van der Waals surface area (Å²) in [6, 6.07) is 15.2. The number of carbonyl (C=O) groups excluding carboxylic acids is 1. The molecular weight excluding hydrogens is 402 g/mol. The van der Waals surface area contributed by atoms with Gasteiger partial charge in [-0.3, -0.25) is 4.57 Å². The third-order valence-electron chi connectivity index (χ3n) is 6.58.